The fourth-order valence-corrected chi connectivity index (χ4v) is 1.77. The van der Waals surface area contributed by atoms with Gasteiger partial charge in [-0.25, -0.2) is 4.98 Å². The van der Waals surface area contributed by atoms with Crippen molar-refractivity contribution in [2.75, 3.05) is 0 Å². The first-order chi connectivity index (χ1) is 7.66. The summed E-state index contributed by atoms with van der Waals surface area (Å²) >= 11 is 9.30. The van der Waals surface area contributed by atoms with Crippen LogP contribution < -0.4 is 4.74 Å². The van der Waals surface area contributed by atoms with Gasteiger partial charge in [0, 0.05) is 6.92 Å². The quantitative estimate of drug-likeness (QED) is 0.860. The van der Waals surface area contributed by atoms with Crippen molar-refractivity contribution >= 4 is 27.5 Å². The molecule has 5 heteroatoms. The number of ether oxygens (including phenoxy) is 1. The molecular weight excluding hydrogens is 293 g/mol. The Hall–Kier alpha value is -1.00. The molecule has 0 amide bonds. The summed E-state index contributed by atoms with van der Waals surface area (Å²) in [6, 6.07) is 5.46. The van der Waals surface area contributed by atoms with Crippen molar-refractivity contribution in [3.8, 4) is 5.75 Å². The lowest BCUT2D eigenvalue weighted by atomic mass is 10.3. The zero-order valence-corrected chi connectivity index (χ0v) is 10.9. The van der Waals surface area contributed by atoms with Crippen LogP contribution in [0.4, 0.5) is 0 Å². The first-order valence-electron chi connectivity index (χ1n) is 4.64. The fraction of sp³-hybridized carbons (Fsp3) is 0.182. The summed E-state index contributed by atoms with van der Waals surface area (Å²) in [4.78, 5) is 4.14. The molecule has 3 nitrogen and oxygen atoms in total. The molecule has 0 radical (unpaired) electrons. The largest absolute Gasteiger partial charge is 0.486 e. The van der Waals surface area contributed by atoms with Gasteiger partial charge in [-0.05, 0) is 28.1 Å². The van der Waals surface area contributed by atoms with Crippen molar-refractivity contribution in [1.82, 2.24) is 4.98 Å². The third-order valence-electron chi connectivity index (χ3n) is 1.96. The SMILES string of the molecule is Cc1nc(COc2cccc(Cl)c2Br)co1. The summed E-state index contributed by atoms with van der Waals surface area (Å²) < 4.78 is 11.4. The standard InChI is InChI=1S/C11H9BrClNO2/c1-7-14-8(5-15-7)6-16-10-4-2-3-9(13)11(10)12/h2-5H,6H2,1H3. The molecule has 0 saturated heterocycles. The van der Waals surface area contributed by atoms with Gasteiger partial charge < -0.3 is 9.15 Å². The van der Waals surface area contributed by atoms with Gasteiger partial charge >= 0.3 is 0 Å². The van der Waals surface area contributed by atoms with E-state index in [0.717, 1.165) is 10.2 Å². The van der Waals surface area contributed by atoms with E-state index in [4.69, 9.17) is 20.8 Å². The lowest BCUT2D eigenvalue weighted by Crippen LogP contribution is -1.96. The minimum Gasteiger partial charge on any atom is -0.486 e. The number of oxazole rings is 1. The molecule has 0 aliphatic carbocycles. The van der Waals surface area contributed by atoms with Crippen LogP contribution in [0.5, 0.6) is 5.75 Å². The highest BCUT2D eigenvalue weighted by molar-refractivity contribution is 9.10. The van der Waals surface area contributed by atoms with Gasteiger partial charge in [0.25, 0.3) is 0 Å². The number of halogens is 2. The molecule has 0 saturated carbocycles. The van der Waals surface area contributed by atoms with Gasteiger partial charge in [0.05, 0.1) is 9.50 Å². The number of hydrogen-bond donors (Lipinski definition) is 0. The normalized spacial score (nSPS) is 10.4. The van der Waals surface area contributed by atoms with Crippen LogP contribution >= 0.6 is 27.5 Å². The van der Waals surface area contributed by atoms with E-state index in [1.54, 1.807) is 19.3 Å². The summed E-state index contributed by atoms with van der Waals surface area (Å²) in [5.41, 5.74) is 0.754. The summed E-state index contributed by atoms with van der Waals surface area (Å²) in [5.74, 6) is 1.32. The van der Waals surface area contributed by atoms with Crippen LogP contribution in [-0.2, 0) is 6.61 Å². The highest BCUT2D eigenvalue weighted by Gasteiger charge is 2.06. The van der Waals surface area contributed by atoms with Crippen LogP contribution in [0, 0.1) is 6.92 Å². The van der Waals surface area contributed by atoms with E-state index in [1.807, 2.05) is 12.1 Å². The zero-order chi connectivity index (χ0) is 11.5. The molecule has 0 N–H and O–H groups in total. The third kappa shape index (κ3) is 2.57. The van der Waals surface area contributed by atoms with Gasteiger partial charge in [-0.3, -0.25) is 0 Å². The first-order valence-corrected chi connectivity index (χ1v) is 5.82. The van der Waals surface area contributed by atoms with E-state index in [0.29, 0.717) is 23.3 Å². The van der Waals surface area contributed by atoms with Crippen molar-refractivity contribution in [3.05, 3.63) is 45.5 Å². The predicted octanol–water partition coefficient (Wildman–Crippen LogP) is 3.98. The Morgan fingerprint density at radius 1 is 1.50 bits per heavy atom. The Morgan fingerprint density at radius 2 is 2.31 bits per heavy atom. The molecule has 84 valence electrons. The van der Waals surface area contributed by atoms with Crippen molar-refractivity contribution < 1.29 is 9.15 Å². The molecule has 2 aromatic rings. The van der Waals surface area contributed by atoms with Crippen LogP contribution in [0.2, 0.25) is 5.02 Å². The van der Waals surface area contributed by atoms with Crippen molar-refractivity contribution in [3.63, 3.8) is 0 Å². The fourth-order valence-electron chi connectivity index (χ4n) is 1.22. The Balaban J connectivity index is 2.07. The van der Waals surface area contributed by atoms with Gasteiger partial charge in [-0.2, -0.15) is 0 Å². The number of benzene rings is 1. The lowest BCUT2D eigenvalue weighted by Gasteiger charge is -2.06. The van der Waals surface area contributed by atoms with Crippen LogP contribution in [-0.4, -0.2) is 4.98 Å². The van der Waals surface area contributed by atoms with E-state index < -0.39 is 0 Å². The number of aryl methyl sites for hydroxylation is 1. The second kappa shape index (κ2) is 4.89. The van der Waals surface area contributed by atoms with Crippen LogP contribution in [0.15, 0.2) is 33.4 Å². The Kier molecular flexibility index (Phi) is 3.51. The second-order valence-electron chi connectivity index (χ2n) is 3.20. The number of aromatic nitrogens is 1. The van der Waals surface area contributed by atoms with Gasteiger partial charge in [-0.1, -0.05) is 17.7 Å². The van der Waals surface area contributed by atoms with E-state index in [2.05, 4.69) is 20.9 Å². The van der Waals surface area contributed by atoms with Crippen molar-refractivity contribution in [1.29, 1.82) is 0 Å². The molecule has 0 atom stereocenters. The monoisotopic (exact) mass is 301 g/mol. The van der Waals surface area contributed by atoms with E-state index in [9.17, 15) is 0 Å². The Labute approximate surface area is 107 Å². The summed E-state index contributed by atoms with van der Waals surface area (Å²) in [6.07, 6.45) is 1.58. The van der Waals surface area contributed by atoms with E-state index in [1.165, 1.54) is 0 Å². The zero-order valence-electron chi connectivity index (χ0n) is 8.54. The highest BCUT2D eigenvalue weighted by Crippen LogP contribution is 2.32. The summed E-state index contributed by atoms with van der Waals surface area (Å²) in [7, 11) is 0. The predicted molar refractivity (Wildman–Crippen MR) is 64.7 cm³/mol. The average molecular weight is 303 g/mol. The smallest absolute Gasteiger partial charge is 0.191 e. The highest BCUT2D eigenvalue weighted by atomic mass is 79.9. The van der Waals surface area contributed by atoms with E-state index >= 15 is 0 Å². The van der Waals surface area contributed by atoms with Crippen molar-refractivity contribution in [2.45, 2.75) is 13.5 Å². The van der Waals surface area contributed by atoms with E-state index in [-0.39, 0.29) is 0 Å². The maximum Gasteiger partial charge on any atom is 0.191 e. The molecule has 0 unspecified atom stereocenters. The van der Waals surface area contributed by atoms with Crippen molar-refractivity contribution in [2.24, 2.45) is 0 Å². The van der Waals surface area contributed by atoms with Gasteiger partial charge in [-0.15, -0.1) is 0 Å². The molecule has 0 aliphatic rings. The van der Waals surface area contributed by atoms with Gasteiger partial charge in [0.15, 0.2) is 5.89 Å². The first kappa shape index (κ1) is 11.5. The van der Waals surface area contributed by atoms with Gasteiger partial charge in [0.1, 0.15) is 24.3 Å². The maximum atomic E-state index is 5.94. The molecule has 0 spiro atoms. The molecule has 1 heterocycles. The average Bonchev–Trinajstić information content (AvgIpc) is 2.67. The molecule has 16 heavy (non-hydrogen) atoms. The molecule has 2 rings (SSSR count). The maximum absolute atomic E-state index is 5.94. The van der Waals surface area contributed by atoms with Crippen LogP contribution in [0.3, 0.4) is 0 Å². The summed E-state index contributed by atoms with van der Waals surface area (Å²) in [5, 5.41) is 0.619. The van der Waals surface area contributed by atoms with Gasteiger partial charge in [0.2, 0.25) is 0 Å². The third-order valence-corrected chi connectivity index (χ3v) is 3.32. The minimum atomic E-state index is 0.357. The topological polar surface area (TPSA) is 35.3 Å². The lowest BCUT2D eigenvalue weighted by molar-refractivity contribution is 0.299. The molecule has 0 bridgehead atoms. The second-order valence-corrected chi connectivity index (χ2v) is 4.40. The Morgan fingerprint density at radius 3 is 3.00 bits per heavy atom. The number of nitrogens with zero attached hydrogens (tertiary/aromatic N) is 1. The number of rotatable bonds is 3. The molecule has 0 aliphatic heterocycles. The Bertz CT molecular complexity index is 498. The summed E-state index contributed by atoms with van der Waals surface area (Å²) in [6.45, 7) is 2.15. The molecule has 1 aromatic heterocycles. The number of hydrogen-bond acceptors (Lipinski definition) is 3. The minimum absolute atomic E-state index is 0.357. The van der Waals surface area contributed by atoms with Crippen LogP contribution in [0.25, 0.3) is 0 Å². The molecule has 0 fully saturated rings. The van der Waals surface area contributed by atoms with Crippen LogP contribution in [0.1, 0.15) is 11.6 Å². The molecule has 1 aromatic carbocycles. The molecular formula is C11H9BrClNO2.